The number of nitrogen functional groups attached to an aromatic ring is 1. The first-order valence-corrected chi connectivity index (χ1v) is 11.5. The molecule has 10 nitrogen and oxygen atoms in total. The standard InChI is InChI=1S/C25H27N7O3/c1-34-19-10-16(11-20(12-19)35-2)5-8-21-23-24(26)28-15-29-25(23)32(30-21)18-13-31(14-18)22(33)4-3-9-27-17-6-7-17/h3-4,10-12,15,17-18,27H,6-7,9,13-14H2,1-2H3,(H2,26,28,29). The van der Waals surface area contributed by atoms with Crippen LogP contribution in [0.4, 0.5) is 5.82 Å². The maximum Gasteiger partial charge on any atom is 0.246 e. The van der Waals surface area contributed by atoms with Crippen LogP contribution in [-0.2, 0) is 4.79 Å². The van der Waals surface area contributed by atoms with Gasteiger partial charge in [0, 0.05) is 43.4 Å². The number of fused-ring (bicyclic) bond motifs is 1. The van der Waals surface area contributed by atoms with E-state index in [4.69, 9.17) is 20.3 Å². The lowest BCUT2D eigenvalue weighted by Crippen LogP contribution is -2.50. The average Bonchev–Trinajstić information content (AvgIpc) is 3.59. The van der Waals surface area contributed by atoms with E-state index in [0.29, 0.717) is 58.7 Å². The number of ether oxygens (including phenoxy) is 2. The highest BCUT2D eigenvalue weighted by molar-refractivity contribution is 5.91. The summed E-state index contributed by atoms with van der Waals surface area (Å²) in [4.78, 5) is 22.8. The van der Waals surface area contributed by atoms with Crippen LogP contribution in [0.5, 0.6) is 11.5 Å². The van der Waals surface area contributed by atoms with Gasteiger partial charge in [-0.15, -0.1) is 0 Å². The van der Waals surface area contributed by atoms with E-state index in [1.165, 1.54) is 19.2 Å². The number of methoxy groups -OCH3 is 2. The minimum absolute atomic E-state index is 0.00330. The van der Waals surface area contributed by atoms with Gasteiger partial charge in [0.05, 0.1) is 25.6 Å². The molecule has 0 unspecified atom stereocenters. The third kappa shape index (κ3) is 4.90. The maximum absolute atomic E-state index is 12.4. The molecule has 2 fully saturated rings. The van der Waals surface area contributed by atoms with Gasteiger partial charge in [0.2, 0.25) is 5.91 Å². The predicted octanol–water partition coefficient (Wildman–Crippen LogP) is 1.52. The van der Waals surface area contributed by atoms with Crippen molar-refractivity contribution in [2.24, 2.45) is 0 Å². The number of nitrogens with one attached hydrogen (secondary N) is 1. The number of nitrogens with zero attached hydrogens (tertiary/aromatic N) is 5. The number of benzene rings is 1. The molecular weight excluding hydrogens is 446 g/mol. The summed E-state index contributed by atoms with van der Waals surface area (Å²) in [5, 5.41) is 8.66. The van der Waals surface area contributed by atoms with E-state index in [1.807, 2.05) is 18.2 Å². The molecule has 1 aliphatic heterocycles. The molecule has 1 saturated heterocycles. The Morgan fingerprint density at radius 2 is 1.91 bits per heavy atom. The molecule has 2 aliphatic rings. The Morgan fingerprint density at radius 3 is 2.60 bits per heavy atom. The van der Waals surface area contributed by atoms with E-state index in [0.717, 1.165) is 6.54 Å². The summed E-state index contributed by atoms with van der Waals surface area (Å²) in [5.41, 5.74) is 7.96. The minimum atomic E-state index is -0.0128. The molecule has 180 valence electrons. The van der Waals surface area contributed by atoms with Gasteiger partial charge in [0.25, 0.3) is 0 Å². The SMILES string of the molecule is COc1cc(C#Cc2nn(C3CN(C(=O)C=CCNC4CC4)C3)c3ncnc(N)c23)cc(OC)c1. The van der Waals surface area contributed by atoms with E-state index in [-0.39, 0.29) is 11.9 Å². The zero-order valence-corrected chi connectivity index (χ0v) is 19.7. The zero-order chi connectivity index (χ0) is 24.4. The van der Waals surface area contributed by atoms with Crippen molar-refractivity contribution in [3.63, 3.8) is 0 Å². The van der Waals surface area contributed by atoms with Crippen LogP contribution >= 0.6 is 0 Å². The lowest BCUT2D eigenvalue weighted by Gasteiger charge is -2.38. The van der Waals surface area contributed by atoms with Crippen LogP contribution in [-0.4, -0.2) is 70.5 Å². The fourth-order valence-corrected chi connectivity index (χ4v) is 3.93. The number of anilines is 1. The summed E-state index contributed by atoms with van der Waals surface area (Å²) in [7, 11) is 3.18. The molecule has 0 radical (unpaired) electrons. The van der Waals surface area contributed by atoms with Crippen molar-refractivity contribution >= 4 is 22.8 Å². The topological polar surface area (TPSA) is 120 Å². The van der Waals surface area contributed by atoms with Crippen LogP contribution in [0, 0.1) is 11.8 Å². The molecule has 3 aromatic rings. The first kappa shape index (κ1) is 22.7. The third-order valence-electron chi connectivity index (χ3n) is 6.08. The Hall–Kier alpha value is -4.10. The van der Waals surface area contributed by atoms with Crippen LogP contribution < -0.4 is 20.5 Å². The monoisotopic (exact) mass is 473 g/mol. The number of nitrogens with two attached hydrogens (primary N) is 1. The van der Waals surface area contributed by atoms with Crippen molar-refractivity contribution in [3.8, 4) is 23.3 Å². The van der Waals surface area contributed by atoms with Crippen LogP contribution in [0.2, 0.25) is 0 Å². The second-order valence-corrected chi connectivity index (χ2v) is 8.58. The molecule has 1 amide bonds. The number of carbonyl (C=O) groups excluding carboxylic acids is 1. The Labute approximate surface area is 203 Å². The van der Waals surface area contributed by atoms with Gasteiger partial charge >= 0.3 is 0 Å². The van der Waals surface area contributed by atoms with Gasteiger partial charge in [-0.1, -0.05) is 12.0 Å². The van der Waals surface area contributed by atoms with Crippen molar-refractivity contribution in [2.45, 2.75) is 24.9 Å². The van der Waals surface area contributed by atoms with Gasteiger partial charge in [-0.2, -0.15) is 5.10 Å². The summed E-state index contributed by atoms with van der Waals surface area (Å²) >= 11 is 0. The van der Waals surface area contributed by atoms with Crippen LogP contribution in [0.1, 0.15) is 30.1 Å². The van der Waals surface area contributed by atoms with E-state index >= 15 is 0 Å². The highest BCUT2D eigenvalue weighted by Crippen LogP contribution is 2.29. The Morgan fingerprint density at radius 1 is 1.17 bits per heavy atom. The maximum atomic E-state index is 12.4. The second-order valence-electron chi connectivity index (χ2n) is 8.58. The van der Waals surface area contributed by atoms with Crippen molar-refractivity contribution in [3.05, 3.63) is 47.9 Å². The van der Waals surface area contributed by atoms with Crippen LogP contribution in [0.3, 0.4) is 0 Å². The van der Waals surface area contributed by atoms with Crippen molar-refractivity contribution in [2.75, 3.05) is 39.6 Å². The van der Waals surface area contributed by atoms with Gasteiger partial charge in [-0.25, -0.2) is 14.6 Å². The smallest absolute Gasteiger partial charge is 0.246 e. The number of rotatable bonds is 7. The Kier molecular flexibility index (Phi) is 6.25. The molecule has 3 N–H and O–H groups in total. The molecule has 35 heavy (non-hydrogen) atoms. The highest BCUT2D eigenvalue weighted by atomic mass is 16.5. The van der Waals surface area contributed by atoms with E-state index in [2.05, 4.69) is 27.1 Å². The summed E-state index contributed by atoms with van der Waals surface area (Å²) in [6.07, 6.45) is 7.37. The number of hydrogen-bond acceptors (Lipinski definition) is 8. The third-order valence-corrected chi connectivity index (χ3v) is 6.08. The molecule has 5 rings (SSSR count). The van der Waals surface area contributed by atoms with Gasteiger partial charge < -0.3 is 25.4 Å². The average molecular weight is 474 g/mol. The van der Waals surface area contributed by atoms with Crippen molar-refractivity contribution in [1.29, 1.82) is 0 Å². The summed E-state index contributed by atoms with van der Waals surface area (Å²) in [6, 6.07) is 6.02. The van der Waals surface area contributed by atoms with Crippen LogP contribution in [0.15, 0.2) is 36.7 Å². The number of amides is 1. The fraction of sp³-hybridized carbons (Fsp3) is 0.360. The highest BCUT2D eigenvalue weighted by Gasteiger charge is 2.33. The second kappa shape index (κ2) is 9.64. The zero-order valence-electron chi connectivity index (χ0n) is 19.7. The van der Waals surface area contributed by atoms with E-state index in [1.54, 1.807) is 35.9 Å². The Balaban J connectivity index is 1.35. The quantitative estimate of drug-likeness (QED) is 0.391. The molecule has 3 heterocycles. The number of carbonyl (C=O) groups is 1. The minimum Gasteiger partial charge on any atom is -0.497 e. The molecule has 1 aliphatic carbocycles. The molecule has 2 aromatic heterocycles. The lowest BCUT2D eigenvalue weighted by molar-refractivity contribution is -0.131. The fourth-order valence-electron chi connectivity index (χ4n) is 3.93. The number of hydrogen-bond donors (Lipinski definition) is 2. The molecule has 1 aromatic carbocycles. The van der Waals surface area contributed by atoms with Gasteiger partial charge in [-0.3, -0.25) is 4.79 Å². The van der Waals surface area contributed by atoms with Crippen molar-refractivity contribution < 1.29 is 14.3 Å². The van der Waals surface area contributed by atoms with Gasteiger partial charge in [0.15, 0.2) is 5.65 Å². The number of likely N-dealkylation sites (tertiary alicyclic amines) is 1. The first-order valence-electron chi connectivity index (χ1n) is 11.5. The number of aromatic nitrogens is 4. The first-order chi connectivity index (χ1) is 17.1. The van der Waals surface area contributed by atoms with Crippen molar-refractivity contribution in [1.82, 2.24) is 30.0 Å². The molecule has 1 saturated carbocycles. The van der Waals surface area contributed by atoms with Gasteiger partial charge in [0.1, 0.15) is 29.3 Å². The van der Waals surface area contributed by atoms with E-state index < -0.39 is 0 Å². The molecule has 10 heteroatoms. The predicted molar refractivity (Wildman–Crippen MR) is 131 cm³/mol. The normalized spacial score (nSPS) is 15.7. The summed E-state index contributed by atoms with van der Waals surface area (Å²) in [6.45, 7) is 1.80. The lowest BCUT2D eigenvalue weighted by atomic mass is 10.1. The molecule has 0 spiro atoms. The largest absolute Gasteiger partial charge is 0.497 e. The molecular formula is C25H27N7O3. The molecule has 0 bridgehead atoms. The van der Waals surface area contributed by atoms with Crippen LogP contribution in [0.25, 0.3) is 11.0 Å². The molecule has 0 atom stereocenters. The summed E-state index contributed by atoms with van der Waals surface area (Å²) < 4.78 is 12.4. The Bertz CT molecular complexity index is 1320. The van der Waals surface area contributed by atoms with E-state index in [9.17, 15) is 4.79 Å². The van der Waals surface area contributed by atoms with Gasteiger partial charge in [-0.05, 0) is 30.9 Å². The summed E-state index contributed by atoms with van der Waals surface area (Å²) in [5.74, 6) is 7.80.